The third kappa shape index (κ3) is 3.22. The number of esters is 1. The molecule has 20 heavy (non-hydrogen) atoms. The molecule has 0 aromatic heterocycles. The first kappa shape index (κ1) is 14.7. The Balaban J connectivity index is 2.20. The molecule has 1 aromatic carbocycles. The molecule has 1 fully saturated rings. The van der Waals surface area contributed by atoms with Gasteiger partial charge in [-0.05, 0) is 43.4 Å². The predicted molar refractivity (Wildman–Crippen MR) is 78.8 cm³/mol. The molecule has 0 radical (unpaired) electrons. The van der Waals surface area contributed by atoms with Crippen molar-refractivity contribution in [3.05, 3.63) is 23.8 Å². The lowest BCUT2D eigenvalue weighted by Crippen LogP contribution is -2.36. The molecular weight excluding hydrogens is 256 g/mol. The molecule has 3 N–H and O–H groups in total. The number of nitrogens with zero attached hydrogens (tertiary/aromatic N) is 1. The summed E-state index contributed by atoms with van der Waals surface area (Å²) in [6.45, 7) is 2.02. The molecule has 0 saturated carbocycles. The Labute approximate surface area is 119 Å². The molecule has 0 aliphatic carbocycles. The normalized spacial score (nSPS) is 18.9. The smallest absolute Gasteiger partial charge is 0.337 e. The van der Waals surface area contributed by atoms with Crippen LogP contribution in [0.15, 0.2) is 18.2 Å². The van der Waals surface area contributed by atoms with Gasteiger partial charge in [-0.15, -0.1) is 0 Å². The minimum Gasteiger partial charge on any atom is -0.465 e. The second-order valence-corrected chi connectivity index (χ2v) is 5.23. The van der Waals surface area contributed by atoms with Crippen LogP contribution < -0.4 is 10.6 Å². The fourth-order valence-electron chi connectivity index (χ4n) is 2.76. The van der Waals surface area contributed by atoms with Gasteiger partial charge in [-0.2, -0.15) is 0 Å². The lowest BCUT2D eigenvalue weighted by molar-refractivity contribution is 0.0601. The summed E-state index contributed by atoms with van der Waals surface area (Å²) in [5.74, 6) is 0.130. The van der Waals surface area contributed by atoms with E-state index in [0.717, 1.165) is 38.0 Å². The third-order valence-corrected chi connectivity index (χ3v) is 3.85. The number of aliphatic hydroxyl groups is 1. The number of ether oxygens (including phenoxy) is 1. The number of hydrogen-bond donors (Lipinski definition) is 2. The summed E-state index contributed by atoms with van der Waals surface area (Å²) in [4.78, 5) is 13.8. The monoisotopic (exact) mass is 278 g/mol. The van der Waals surface area contributed by atoms with Crippen LogP contribution in [0.2, 0.25) is 0 Å². The van der Waals surface area contributed by atoms with E-state index >= 15 is 0 Å². The number of nitrogens with two attached hydrogens (primary N) is 1. The summed E-state index contributed by atoms with van der Waals surface area (Å²) in [6, 6.07) is 5.22. The van der Waals surface area contributed by atoms with E-state index < -0.39 is 0 Å². The Morgan fingerprint density at radius 2 is 2.35 bits per heavy atom. The highest BCUT2D eigenvalue weighted by Crippen LogP contribution is 2.30. The molecule has 1 unspecified atom stereocenters. The Morgan fingerprint density at radius 3 is 3.05 bits per heavy atom. The number of piperidine rings is 1. The lowest BCUT2D eigenvalue weighted by Gasteiger charge is -2.35. The van der Waals surface area contributed by atoms with E-state index in [1.165, 1.54) is 7.11 Å². The first-order valence-corrected chi connectivity index (χ1v) is 6.99. The lowest BCUT2D eigenvalue weighted by atomic mass is 9.94. The van der Waals surface area contributed by atoms with E-state index in [0.29, 0.717) is 17.2 Å². The summed E-state index contributed by atoms with van der Waals surface area (Å²) in [7, 11) is 1.37. The van der Waals surface area contributed by atoms with Gasteiger partial charge in [0.05, 0.1) is 24.0 Å². The second-order valence-electron chi connectivity index (χ2n) is 5.23. The molecule has 0 amide bonds. The molecule has 5 nitrogen and oxygen atoms in total. The number of aliphatic hydroxyl groups excluding tert-OH is 1. The zero-order valence-electron chi connectivity index (χ0n) is 11.8. The van der Waals surface area contributed by atoms with Gasteiger partial charge in [0.2, 0.25) is 0 Å². The maximum absolute atomic E-state index is 11.6. The molecule has 1 saturated heterocycles. The van der Waals surface area contributed by atoms with E-state index in [9.17, 15) is 4.79 Å². The molecule has 1 aromatic rings. The summed E-state index contributed by atoms with van der Waals surface area (Å²) >= 11 is 0. The molecule has 0 bridgehead atoms. The van der Waals surface area contributed by atoms with Gasteiger partial charge >= 0.3 is 5.97 Å². The molecular formula is C15H22N2O3. The number of carbonyl (C=O) groups is 1. The van der Waals surface area contributed by atoms with Crippen molar-refractivity contribution < 1.29 is 14.6 Å². The van der Waals surface area contributed by atoms with Crippen LogP contribution in [0.5, 0.6) is 0 Å². The molecule has 110 valence electrons. The van der Waals surface area contributed by atoms with Crippen LogP contribution in [-0.2, 0) is 4.74 Å². The van der Waals surface area contributed by atoms with Gasteiger partial charge in [0.1, 0.15) is 0 Å². The fourth-order valence-corrected chi connectivity index (χ4v) is 2.76. The molecule has 1 aliphatic rings. The summed E-state index contributed by atoms with van der Waals surface area (Å²) < 4.78 is 4.75. The van der Waals surface area contributed by atoms with E-state index in [4.69, 9.17) is 15.6 Å². The van der Waals surface area contributed by atoms with Crippen LogP contribution >= 0.6 is 0 Å². The van der Waals surface area contributed by atoms with Gasteiger partial charge in [-0.25, -0.2) is 4.79 Å². The average molecular weight is 278 g/mol. The van der Waals surface area contributed by atoms with Crippen molar-refractivity contribution in [2.45, 2.75) is 19.3 Å². The topological polar surface area (TPSA) is 75.8 Å². The summed E-state index contributed by atoms with van der Waals surface area (Å²) in [6.07, 6.45) is 3.02. The average Bonchev–Trinajstić information content (AvgIpc) is 2.47. The van der Waals surface area contributed by atoms with E-state index in [2.05, 4.69) is 4.90 Å². The number of carbonyl (C=O) groups excluding carboxylic acids is 1. The summed E-state index contributed by atoms with van der Waals surface area (Å²) in [5.41, 5.74) is 8.11. The van der Waals surface area contributed by atoms with Crippen LogP contribution in [0.25, 0.3) is 0 Å². The van der Waals surface area contributed by atoms with Gasteiger partial charge in [-0.1, -0.05) is 0 Å². The molecule has 5 heteroatoms. The van der Waals surface area contributed by atoms with Crippen molar-refractivity contribution in [2.24, 2.45) is 5.92 Å². The highest BCUT2D eigenvalue weighted by Gasteiger charge is 2.22. The van der Waals surface area contributed by atoms with Crippen LogP contribution in [-0.4, -0.2) is 37.9 Å². The summed E-state index contributed by atoms with van der Waals surface area (Å²) in [5, 5.41) is 9.07. The number of rotatable bonds is 4. The highest BCUT2D eigenvalue weighted by molar-refractivity contribution is 5.92. The molecule has 1 atom stereocenters. The van der Waals surface area contributed by atoms with Crippen LogP contribution in [0.3, 0.4) is 0 Å². The molecule has 2 rings (SSSR count). The first-order valence-electron chi connectivity index (χ1n) is 6.99. The molecule has 1 heterocycles. The maximum atomic E-state index is 11.6. The predicted octanol–water partition coefficient (Wildman–Crippen LogP) is 1.65. The number of anilines is 2. The largest absolute Gasteiger partial charge is 0.465 e. The van der Waals surface area contributed by atoms with E-state index in [-0.39, 0.29) is 12.6 Å². The molecule has 1 aliphatic heterocycles. The number of nitrogen functional groups attached to an aromatic ring is 1. The number of hydrogen-bond acceptors (Lipinski definition) is 5. The van der Waals surface area contributed by atoms with Crippen molar-refractivity contribution in [3.63, 3.8) is 0 Å². The van der Waals surface area contributed by atoms with Crippen LogP contribution in [0.1, 0.15) is 29.6 Å². The first-order chi connectivity index (χ1) is 9.65. The zero-order chi connectivity index (χ0) is 14.5. The van der Waals surface area contributed by atoms with E-state index in [1.54, 1.807) is 18.2 Å². The van der Waals surface area contributed by atoms with Crippen molar-refractivity contribution in [3.8, 4) is 0 Å². The Hall–Kier alpha value is -1.75. The quantitative estimate of drug-likeness (QED) is 0.647. The fraction of sp³-hybridized carbons (Fsp3) is 0.533. The number of methoxy groups -OCH3 is 1. The third-order valence-electron chi connectivity index (χ3n) is 3.85. The van der Waals surface area contributed by atoms with Crippen molar-refractivity contribution >= 4 is 17.3 Å². The minimum absolute atomic E-state index is 0.218. The van der Waals surface area contributed by atoms with Gasteiger partial charge in [0.25, 0.3) is 0 Å². The van der Waals surface area contributed by atoms with Crippen molar-refractivity contribution in [1.82, 2.24) is 0 Å². The Bertz CT molecular complexity index is 474. The minimum atomic E-state index is -0.352. The molecule has 0 spiro atoms. The standard InChI is InChI=1S/C15H22N2O3/c1-20-15(19)12-4-5-13(16)14(9-12)17-7-2-3-11(10-17)6-8-18/h4-5,9,11,18H,2-3,6-8,10,16H2,1H3. The van der Waals surface area contributed by atoms with Gasteiger partial charge in [0.15, 0.2) is 0 Å². The highest BCUT2D eigenvalue weighted by atomic mass is 16.5. The van der Waals surface area contributed by atoms with Crippen LogP contribution in [0, 0.1) is 5.92 Å². The Morgan fingerprint density at radius 1 is 1.55 bits per heavy atom. The Kier molecular flexibility index (Phi) is 4.84. The van der Waals surface area contributed by atoms with Gasteiger partial charge in [-0.3, -0.25) is 0 Å². The van der Waals surface area contributed by atoms with Crippen molar-refractivity contribution in [1.29, 1.82) is 0 Å². The number of benzene rings is 1. The van der Waals surface area contributed by atoms with E-state index in [1.807, 2.05) is 0 Å². The SMILES string of the molecule is COC(=O)c1ccc(N)c(N2CCCC(CCO)C2)c1. The van der Waals surface area contributed by atoms with Crippen LogP contribution in [0.4, 0.5) is 11.4 Å². The zero-order valence-corrected chi connectivity index (χ0v) is 11.8. The second kappa shape index (κ2) is 6.61. The van der Waals surface area contributed by atoms with Gasteiger partial charge < -0.3 is 20.5 Å². The van der Waals surface area contributed by atoms with Crippen molar-refractivity contribution in [2.75, 3.05) is 37.4 Å². The van der Waals surface area contributed by atoms with Gasteiger partial charge in [0, 0.05) is 19.7 Å². The maximum Gasteiger partial charge on any atom is 0.337 e.